The summed E-state index contributed by atoms with van der Waals surface area (Å²) < 4.78 is 6.13. The van der Waals surface area contributed by atoms with Gasteiger partial charge in [-0.1, -0.05) is 24.6 Å². The molecule has 3 aliphatic rings. The first-order chi connectivity index (χ1) is 11.3. The highest BCUT2D eigenvalue weighted by Crippen LogP contribution is 2.51. The minimum atomic E-state index is 0.449. The molecule has 0 radical (unpaired) electrons. The fraction of sp³-hybridized carbons (Fsp3) is 0.684. The van der Waals surface area contributed by atoms with Gasteiger partial charge in [0, 0.05) is 34.8 Å². The van der Waals surface area contributed by atoms with Crippen molar-refractivity contribution in [3.05, 3.63) is 30.3 Å². The molecule has 1 saturated heterocycles. The SMILES string of the molecule is c1ccc(SC2(CNC3CCCC3C3COCCN3)CC2)cc1. The van der Waals surface area contributed by atoms with Gasteiger partial charge in [-0.05, 0) is 43.7 Å². The Morgan fingerprint density at radius 1 is 1.22 bits per heavy atom. The Morgan fingerprint density at radius 2 is 2.09 bits per heavy atom. The van der Waals surface area contributed by atoms with E-state index in [9.17, 15) is 0 Å². The molecule has 0 amide bonds. The second-order valence-electron chi connectivity index (χ2n) is 7.32. The summed E-state index contributed by atoms with van der Waals surface area (Å²) in [4.78, 5) is 1.41. The predicted octanol–water partition coefficient (Wildman–Crippen LogP) is 3.06. The first-order valence-corrected chi connectivity index (χ1v) is 9.95. The van der Waals surface area contributed by atoms with Gasteiger partial charge >= 0.3 is 0 Å². The number of hydrogen-bond donors (Lipinski definition) is 2. The van der Waals surface area contributed by atoms with Crippen molar-refractivity contribution >= 4 is 11.8 Å². The normalized spacial score (nSPS) is 32.8. The molecule has 4 heteroatoms. The molecule has 3 fully saturated rings. The van der Waals surface area contributed by atoms with Crippen LogP contribution in [0.1, 0.15) is 32.1 Å². The standard InChI is InChI=1S/C19H28N2OS/c1-2-5-15(6-3-1)23-19(9-10-19)14-21-17-8-4-7-16(17)18-13-22-12-11-20-18/h1-3,5-6,16-18,20-21H,4,7-14H2. The zero-order valence-electron chi connectivity index (χ0n) is 13.8. The molecule has 0 aromatic heterocycles. The summed E-state index contributed by atoms with van der Waals surface area (Å²) in [5, 5.41) is 7.61. The molecule has 2 N–H and O–H groups in total. The van der Waals surface area contributed by atoms with Crippen LogP contribution in [0.2, 0.25) is 0 Å². The third-order valence-electron chi connectivity index (χ3n) is 5.61. The molecule has 1 aliphatic heterocycles. The van der Waals surface area contributed by atoms with Crippen LogP contribution in [0, 0.1) is 5.92 Å². The van der Waals surface area contributed by atoms with Crippen LogP contribution in [0.15, 0.2) is 35.2 Å². The first-order valence-electron chi connectivity index (χ1n) is 9.13. The average Bonchev–Trinajstić information content (AvgIpc) is 3.20. The molecule has 0 spiro atoms. The summed E-state index contributed by atoms with van der Waals surface area (Å²) in [7, 11) is 0. The maximum atomic E-state index is 5.69. The second-order valence-corrected chi connectivity index (χ2v) is 8.86. The number of rotatable bonds is 6. The van der Waals surface area contributed by atoms with Gasteiger partial charge in [-0.25, -0.2) is 0 Å². The molecular formula is C19H28N2OS. The third-order valence-corrected chi connectivity index (χ3v) is 7.10. The Labute approximate surface area is 143 Å². The van der Waals surface area contributed by atoms with Crippen molar-refractivity contribution in [1.29, 1.82) is 0 Å². The Bertz CT molecular complexity index is 499. The average molecular weight is 333 g/mol. The van der Waals surface area contributed by atoms with E-state index >= 15 is 0 Å². The fourth-order valence-electron chi connectivity index (χ4n) is 4.09. The van der Waals surface area contributed by atoms with Gasteiger partial charge in [0.25, 0.3) is 0 Å². The van der Waals surface area contributed by atoms with Crippen molar-refractivity contribution in [2.75, 3.05) is 26.3 Å². The maximum Gasteiger partial charge on any atom is 0.0623 e. The van der Waals surface area contributed by atoms with Crippen molar-refractivity contribution in [1.82, 2.24) is 10.6 Å². The molecule has 1 aromatic rings. The van der Waals surface area contributed by atoms with Crippen LogP contribution < -0.4 is 10.6 Å². The van der Waals surface area contributed by atoms with Gasteiger partial charge in [-0.3, -0.25) is 0 Å². The highest BCUT2D eigenvalue weighted by molar-refractivity contribution is 8.01. The first kappa shape index (κ1) is 15.9. The number of thioether (sulfide) groups is 1. The minimum absolute atomic E-state index is 0.449. The molecule has 1 heterocycles. The van der Waals surface area contributed by atoms with E-state index in [0.717, 1.165) is 32.2 Å². The molecule has 3 atom stereocenters. The molecule has 3 unspecified atom stereocenters. The topological polar surface area (TPSA) is 33.3 Å². The lowest BCUT2D eigenvalue weighted by molar-refractivity contribution is 0.0525. The van der Waals surface area contributed by atoms with Crippen molar-refractivity contribution in [3.63, 3.8) is 0 Å². The van der Waals surface area contributed by atoms with E-state index < -0.39 is 0 Å². The number of morpholine rings is 1. The van der Waals surface area contributed by atoms with Crippen molar-refractivity contribution in [2.24, 2.45) is 5.92 Å². The minimum Gasteiger partial charge on any atom is -0.379 e. The largest absolute Gasteiger partial charge is 0.379 e. The van der Waals surface area contributed by atoms with Crippen LogP contribution in [0.4, 0.5) is 0 Å². The molecular weight excluding hydrogens is 304 g/mol. The lowest BCUT2D eigenvalue weighted by Gasteiger charge is -2.33. The van der Waals surface area contributed by atoms with Gasteiger partial charge in [0.1, 0.15) is 0 Å². The summed E-state index contributed by atoms with van der Waals surface area (Å²) in [6, 6.07) is 12.1. The Kier molecular flexibility index (Phi) is 4.95. The van der Waals surface area contributed by atoms with E-state index in [1.54, 1.807) is 0 Å². The summed E-state index contributed by atoms with van der Waals surface area (Å²) in [5.41, 5.74) is 0. The zero-order valence-corrected chi connectivity index (χ0v) is 14.6. The monoisotopic (exact) mass is 332 g/mol. The highest BCUT2D eigenvalue weighted by Gasteiger charge is 2.45. The van der Waals surface area contributed by atoms with Gasteiger partial charge in [0.05, 0.1) is 13.2 Å². The summed E-state index contributed by atoms with van der Waals surface area (Å²) in [5.74, 6) is 0.743. The Balaban J connectivity index is 1.31. The molecule has 23 heavy (non-hydrogen) atoms. The van der Waals surface area contributed by atoms with Gasteiger partial charge in [0.15, 0.2) is 0 Å². The van der Waals surface area contributed by atoms with E-state index in [1.807, 2.05) is 0 Å². The maximum absolute atomic E-state index is 5.69. The van der Waals surface area contributed by atoms with Crippen molar-refractivity contribution in [2.45, 2.75) is 53.8 Å². The highest BCUT2D eigenvalue weighted by atomic mass is 32.2. The smallest absolute Gasteiger partial charge is 0.0623 e. The second kappa shape index (κ2) is 7.14. The third kappa shape index (κ3) is 3.93. The lowest BCUT2D eigenvalue weighted by Crippen LogP contribution is -2.51. The summed E-state index contributed by atoms with van der Waals surface area (Å²) >= 11 is 2.07. The van der Waals surface area contributed by atoms with Gasteiger partial charge in [-0.2, -0.15) is 0 Å². The van der Waals surface area contributed by atoms with Gasteiger partial charge < -0.3 is 15.4 Å². The summed E-state index contributed by atoms with van der Waals surface area (Å²) in [6.45, 7) is 3.94. The Hall–Kier alpha value is -0.550. The summed E-state index contributed by atoms with van der Waals surface area (Å²) in [6.07, 6.45) is 6.73. The fourth-order valence-corrected chi connectivity index (χ4v) is 5.35. The van der Waals surface area contributed by atoms with Crippen LogP contribution in [0.25, 0.3) is 0 Å². The van der Waals surface area contributed by atoms with E-state index in [1.165, 1.54) is 37.0 Å². The number of ether oxygens (including phenoxy) is 1. The van der Waals surface area contributed by atoms with Gasteiger partial charge in [0.2, 0.25) is 0 Å². The van der Waals surface area contributed by atoms with Crippen LogP contribution in [0.5, 0.6) is 0 Å². The van der Waals surface area contributed by atoms with Gasteiger partial charge in [-0.15, -0.1) is 11.8 Å². The van der Waals surface area contributed by atoms with E-state index in [-0.39, 0.29) is 0 Å². The quantitative estimate of drug-likeness (QED) is 0.839. The molecule has 0 bridgehead atoms. The van der Waals surface area contributed by atoms with Crippen molar-refractivity contribution in [3.8, 4) is 0 Å². The van der Waals surface area contributed by atoms with Crippen molar-refractivity contribution < 1.29 is 4.74 Å². The molecule has 1 aromatic carbocycles. The van der Waals surface area contributed by atoms with E-state index in [0.29, 0.717) is 16.8 Å². The van der Waals surface area contributed by atoms with Crippen LogP contribution >= 0.6 is 11.8 Å². The lowest BCUT2D eigenvalue weighted by atomic mass is 9.94. The molecule has 2 saturated carbocycles. The van der Waals surface area contributed by atoms with Crippen LogP contribution in [-0.4, -0.2) is 43.1 Å². The van der Waals surface area contributed by atoms with E-state index in [4.69, 9.17) is 4.74 Å². The molecule has 3 nitrogen and oxygen atoms in total. The predicted molar refractivity (Wildman–Crippen MR) is 96.0 cm³/mol. The van der Waals surface area contributed by atoms with E-state index in [2.05, 4.69) is 52.7 Å². The van der Waals surface area contributed by atoms with Crippen LogP contribution in [0.3, 0.4) is 0 Å². The zero-order chi connectivity index (χ0) is 15.5. The number of hydrogen-bond acceptors (Lipinski definition) is 4. The number of benzene rings is 1. The van der Waals surface area contributed by atoms with Crippen LogP contribution in [-0.2, 0) is 4.74 Å². The molecule has 126 valence electrons. The number of nitrogens with one attached hydrogen (secondary N) is 2. The Morgan fingerprint density at radius 3 is 2.83 bits per heavy atom. The molecule has 2 aliphatic carbocycles. The molecule has 4 rings (SSSR count).